The number of aryl methyl sites for hydroxylation is 1. The number of nitrogens with zero attached hydrogens (tertiary/aromatic N) is 2. The van der Waals surface area contributed by atoms with Crippen molar-refractivity contribution in [1.29, 1.82) is 0 Å². The number of nitrogens with one attached hydrogen (secondary N) is 2. The molecule has 11 heteroatoms. The van der Waals surface area contributed by atoms with Gasteiger partial charge in [0.1, 0.15) is 29.1 Å². The van der Waals surface area contributed by atoms with E-state index in [4.69, 9.17) is 18.7 Å². The van der Waals surface area contributed by atoms with E-state index in [1.807, 2.05) is 20.8 Å². The van der Waals surface area contributed by atoms with E-state index in [1.54, 1.807) is 62.6 Å². The maximum Gasteiger partial charge on any atom is 0.248 e. The zero-order valence-electron chi connectivity index (χ0n) is 23.9. The first-order valence-corrected chi connectivity index (χ1v) is 12.7. The van der Waals surface area contributed by atoms with E-state index < -0.39 is 29.3 Å². The number of anilines is 2. The highest BCUT2D eigenvalue weighted by molar-refractivity contribution is 6.04. The zero-order chi connectivity index (χ0) is 29.4. The molecular weight excluding hydrogens is 516 g/mol. The number of hydrogen-bond acceptors (Lipinski definition) is 8. The SMILES string of the molecule is COc1ccc([C@@H](C(=O)NC(C)(C)C)N(C(=O)CCC(=O)Nc2cc(C)on2)c2cc(OC)ccc2OC)cc1. The molecule has 0 unspecified atom stereocenters. The summed E-state index contributed by atoms with van der Waals surface area (Å²) in [5, 5.41) is 9.35. The van der Waals surface area contributed by atoms with Gasteiger partial charge in [-0.25, -0.2) is 0 Å². The van der Waals surface area contributed by atoms with Crippen LogP contribution in [0.4, 0.5) is 11.5 Å². The van der Waals surface area contributed by atoms with Crippen molar-refractivity contribution in [2.24, 2.45) is 0 Å². The second kappa shape index (κ2) is 13.0. The van der Waals surface area contributed by atoms with Gasteiger partial charge in [0.2, 0.25) is 17.7 Å². The van der Waals surface area contributed by atoms with Gasteiger partial charge in [0, 0.05) is 30.5 Å². The molecule has 3 aromatic rings. The molecular formula is C29H36N4O7. The van der Waals surface area contributed by atoms with E-state index in [-0.39, 0.29) is 18.7 Å². The van der Waals surface area contributed by atoms with Crippen LogP contribution in [0.5, 0.6) is 17.2 Å². The molecule has 0 radical (unpaired) electrons. The van der Waals surface area contributed by atoms with Crippen molar-refractivity contribution in [3.63, 3.8) is 0 Å². The summed E-state index contributed by atoms with van der Waals surface area (Å²) in [6.45, 7) is 7.26. The predicted molar refractivity (Wildman–Crippen MR) is 150 cm³/mol. The molecule has 0 spiro atoms. The van der Waals surface area contributed by atoms with Gasteiger partial charge in [0.05, 0.1) is 27.0 Å². The first kappa shape index (κ1) is 30.0. The van der Waals surface area contributed by atoms with Crippen molar-refractivity contribution in [3.8, 4) is 17.2 Å². The van der Waals surface area contributed by atoms with E-state index in [0.29, 0.717) is 34.3 Å². The number of amides is 3. The average molecular weight is 553 g/mol. The molecule has 0 saturated carbocycles. The molecule has 214 valence electrons. The number of carbonyl (C=O) groups excluding carboxylic acids is 3. The van der Waals surface area contributed by atoms with Gasteiger partial charge < -0.3 is 29.4 Å². The van der Waals surface area contributed by atoms with Gasteiger partial charge in [-0.05, 0) is 57.5 Å². The van der Waals surface area contributed by atoms with Crippen LogP contribution in [-0.2, 0) is 14.4 Å². The summed E-state index contributed by atoms with van der Waals surface area (Å²) in [6, 6.07) is 12.3. The summed E-state index contributed by atoms with van der Waals surface area (Å²) < 4.78 is 21.3. The van der Waals surface area contributed by atoms with Gasteiger partial charge in [-0.15, -0.1) is 0 Å². The minimum absolute atomic E-state index is 0.163. The summed E-state index contributed by atoms with van der Waals surface area (Å²) in [5.41, 5.74) is 0.248. The Kier molecular flexibility index (Phi) is 9.76. The third-order valence-electron chi connectivity index (χ3n) is 5.81. The van der Waals surface area contributed by atoms with E-state index >= 15 is 0 Å². The standard InChI is InChI=1S/C29H36N4O7/c1-18-16-24(32-40-18)30-25(34)14-15-26(35)33(22-17-21(38-6)12-13-23(22)39-7)27(28(36)31-29(2,3)4)19-8-10-20(37-5)11-9-19/h8-13,16-17,27H,14-15H2,1-7H3,(H,31,36)(H,30,32,34)/t27-/m0/s1. The van der Waals surface area contributed by atoms with Crippen molar-refractivity contribution in [1.82, 2.24) is 10.5 Å². The highest BCUT2D eigenvalue weighted by Crippen LogP contribution is 2.38. The van der Waals surface area contributed by atoms with Gasteiger partial charge >= 0.3 is 0 Å². The van der Waals surface area contributed by atoms with E-state index in [1.165, 1.54) is 19.1 Å². The quantitative estimate of drug-likeness (QED) is 0.357. The average Bonchev–Trinajstić information content (AvgIpc) is 3.33. The second-order valence-corrected chi connectivity index (χ2v) is 10.1. The lowest BCUT2D eigenvalue weighted by Crippen LogP contribution is -2.49. The molecule has 2 aromatic carbocycles. The first-order valence-electron chi connectivity index (χ1n) is 12.7. The van der Waals surface area contributed by atoms with Gasteiger partial charge in [0.25, 0.3) is 0 Å². The number of benzene rings is 2. The van der Waals surface area contributed by atoms with Gasteiger partial charge in [-0.2, -0.15) is 0 Å². The lowest BCUT2D eigenvalue weighted by molar-refractivity contribution is -0.128. The Hall–Kier alpha value is -4.54. The Labute approximate surface area is 233 Å². The van der Waals surface area contributed by atoms with Crippen LogP contribution < -0.4 is 29.7 Å². The summed E-state index contributed by atoms with van der Waals surface area (Å²) >= 11 is 0. The van der Waals surface area contributed by atoms with Crippen LogP contribution in [0.2, 0.25) is 0 Å². The third-order valence-corrected chi connectivity index (χ3v) is 5.81. The van der Waals surface area contributed by atoms with Crippen molar-refractivity contribution >= 4 is 29.2 Å². The van der Waals surface area contributed by atoms with Crippen LogP contribution in [0.3, 0.4) is 0 Å². The normalized spacial score (nSPS) is 11.8. The van der Waals surface area contributed by atoms with Crippen LogP contribution in [0, 0.1) is 6.92 Å². The van der Waals surface area contributed by atoms with Crippen LogP contribution in [0.1, 0.15) is 51.0 Å². The molecule has 1 heterocycles. The van der Waals surface area contributed by atoms with E-state index in [9.17, 15) is 14.4 Å². The first-order chi connectivity index (χ1) is 18.9. The smallest absolute Gasteiger partial charge is 0.248 e. The van der Waals surface area contributed by atoms with Crippen LogP contribution in [0.25, 0.3) is 0 Å². The molecule has 0 aliphatic carbocycles. The molecule has 1 aromatic heterocycles. The fourth-order valence-electron chi connectivity index (χ4n) is 4.02. The lowest BCUT2D eigenvalue weighted by atomic mass is 9.99. The largest absolute Gasteiger partial charge is 0.497 e. The number of rotatable bonds is 11. The molecule has 0 aliphatic heterocycles. The number of ether oxygens (including phenoxy) is 3. The molecule has 2 N–H and O–H groups in total. The molecule has 0 fully saturated rings. The van der Waals surface area contributed by atoms with Gasteiger partial charge in [-0.1, -0.05) is 17.3 Å². The molecule has 40 heavy (non-hydrogen) atoms. The topological polar surface area (TPSA) is 132 Å². The number of hydrogen-bond donors (Lipinski definition) is 2. The van der Waals surface area contributed by atoms with E-state index in [0.717, 1.165) is 0 Å². The molecule has 1 atom stereocenters. The van der Waals surface area contributed by atoms with Crippen molar-refractivity contribution in [3.05, 3.63) is 59.9 Å². The Balaban J connectivity index is 2.07. The number of carbonyl (C=O) groups is 3. The summed E-state index contributed by atoms with van der Waals surface area (Å²) in [5.74, 6) is 0.851. The molecule has 0 saturated heterocycles. The highest BCUT2D eigenvalue weighted by Gasteiger charge is 2.36. The number of methoxy groups -OCH3 is 3. The second-order valence-electron chi connectivity index (χ2n) is 10.1. The Morgan fingerprint density at radius 2 is 1.57 bits per heavy atom. The van der Waals surface area contributed by atoms with Crippen LogP contribution >= 0.6 is 0 Å². The highest BCUT2D eigenvalue weighted by atomic mass is 16.5. The fourth-order valence-corrected chi connectivity index (χ4v) is 4.02. The molecule has 11 nitrogen and oxygen atoms in total. The zero-order valence-corrected chi connectivity index (χ0v) is 23.9. The number of aromatic nitrogens is 1. The monoisotopic (exact) mass is 552 g/mol. The van der Waals surface area contributed by atoms with E-state index in [2.05, 4.69) is 15.8 Å². The maximum atomic E-state index is 14.0. The molecule has 0 aliphatic rings. The molecule has 3 rings (SSSR count). The third kappa shape index (κ3) is 7.75. The maximum absolute atomic E-state index is 14.0. The molecule has 0 bridgehead atoms. The van der Waals surface area contributed by atoms with Gasteiger partial charge in [0.15, 0.2) is 5.82 Å². The lowest BCUT2D eigenvalue weighted by Gasteiger charge is -2.34. The van der Waals surface area contributed by atoms with Crippen molar-refractivity contribution in [2.45, 2.75) is 52.1 Å². The Morgan fingerprint density at radius 3 is 2.12 bits per heavy atom. The molecule has 3 amide bonds. The minimum atomic E-state index is -1.11. The van der Waals surface area contributed by atoms with Crippen molar-refractivity contribution in [2.75, 3.05) is 31.5 Å². The summed E-state index contributed by atoms with van der Waals surface area (Å²) in [7, 11) is 4.51. The van der Waals surface area contributed by atoms with Crippen LogP contribution in [0.15, 0.2) is 53.1 Å². The fraction of sp³-hybridized carbons (Fsp3) is 0.379. The van der Waals surface area contributed by atoms with Gasteiger partial charge in [-0.3, -0.25) is 19.3 Å². The predicted octanol–water partition coefficient (Wildman–Crippen LogP) is 4.42. The minimum Gasteiger partial charge on any atom is -0.497 e. The summed E-state index contributed by atoms with van der Waals surface area (Å²) in [6.07, 6.45) is -0.373. The van der Waals surface area contributed by atoms with Crippen molar-refractivity contribution < 1.29 is 33.1 Å². The van der Waals surface area contributed by atoms with Crippen LogP contribution in [-0.4, -0.2) is 49.7 Å². The summed E-state index contributed by atoms with van der Waals surface area (Å²) in [4.78, 5) is 41.8. The Morgan fingerprint density at radius 1 is 0.925 bits per heavy atom. The Bertz CT molecular complexity index is 1330.